The second kappa shape index (κ2) is 3.40. The van der Waals surface area contributed by atoms with Gasteiger partial charge in [-0.1, -0.05) is 6.58 Å². The van der Waals surface area contributed by atoms with Crippen LogP contribution in [0.3, 0.4) is 0 Å². The minimum absolute atomic E-state index is 0.227. The van der Waals surface area contributed by atoms with Gasteiger partial charge in [0.05, 0.1) is 0 Å². The van der Waals surface area contributed by atoms with Crippen LogP contribution in [0.5, 0.6) is 0 Å². The number of hydrogen-bond donors (Lipinski definition) is 1. The molecule has 0 unspecified atom stereocenters. The highest BCUT2D eigenvalue weighted by molar-refractivity contribution is 5.97. The Morgan fingerprint density at radius 3 is 2.73 bits per heavy atom. The summed E-state index contributed by atoms with van der Waals surface area (Å²) in [6.45, 7) is 3.27. The third-order valence-electron chi connectivity index (χ3n) is 0.914. The summed E-state index contributed by atoms with van der Waals surface area (Å²) in [7, 11) is 0. The molecule has 0 saturated heterocycles. The van der Waals surface area contributed by atoms with Gasteiger partial charge in [0, 0.05) is 0 Å². The fraction of sp³-hybridized carbons (Fsp3) is 0. The molecule has 56 valence electrons. The molecule has 0 atom stereocenters. The Morgan fingerprint density at radius 1 is 1.55 bits per heavy atom. The number of anilines is 1. The van der Waals surface area contributed by atoms with Crippen molar-refractivity contribution in [1.29, 1.82) is 0 Å². The summed E-state index contributed by atoms with van der Waals surface area (Å²) >= 11 is 0. The number of hydrogen-bond acceptors (Lipinski definition) is 4. The van der Waals surface area contributed by atoms with Crippen LogP contribution in [0, 0.1) is 0 Å². The van der Waals surface area contributed by atoms with Crippen molar-refractivity contribution in [3.8, 4) is 0 Å². The van der Waals surface area contributed by atoms with Crippen molar-refractivity contribution in [3.63, 3.8) is 0 Å². The van der Waals surface area contributed by atoms with Crippen LogP contribution in [0.1, 0.15) is 0 Å². The van der Waals surface area contributed by atoms with Gasteiger partial charge in [0.2, 0.25) is 11.9 Å². The SMILES string of the molecule is C=CC(=O)Nc1ncncn1. The Hall–Kier alpha value is -1.78. The van der Waals surface area contributed by atoms with E-state index in [0.29, 0.717) is 0 Å². The highest BCUT2D eigenvalue weighted by Gasteiger charge is 1.96. The molecule has 1 heterocycles. The van der Waals surface area contributed by atoms with Gasteiger partial charge in [-0.3, -0.25) is 10.1 Å². The Kier molecular flexibility index (Phi) is 2.27. The molecule has 1 aromatic rings. The minimum atomic E-state index is -0.337. The molecule has 5 heteroatoms. The van der Waals surface area contributed by atoms with Gasteiger partial charge >= 0.3 is 0 Å². The minimum Gasteiger partial charge on any atom is -0.291 e. The lowest BCUT2D eigenvalue weighted by atomic mass is 10.6. The maximum Gasteiger partial charge on any atom is 0.250 e. The van der Waals surface area contributed by atoms with E-state index in [0.717, 1.165) is 6.08 Å². The monoisotopic (exact) mass is 150 g/mol. The van der Waals surface area contributed by atoms with Gasteiger partial charge in [0.25, 0.3) is 0 Å². The molecule has 0 saturated carbocycles. The molecule has 1 aromatic heterocycles. The highest BCUT2D eigenvalue weighted by Crippen LogP contribution is 1.90. The maximum atomic E-state index is 10.7. The first-order valence-corrected chi connectivity index (χ1v) is 2.88. The predicted molar refractivity (Wildman–Crippen MR) is 38.7 cm³/mol. The van der Waals surface area contributed by atoms with Crippen molar-refractivity contribution in [1.82, 2.24) is 15.0 Å². The van der Waals surface area contributed by atoms with E-state index < -0.39 is 0 Å². The van der Waals surface area contributed by atoms with Crippen molar-refractivity contribution < 1.29 is 4.79 Å². The van der Waals surface area contributed by atoms with Crippen LogP contribution in [0.15, 0.2) is 25.3 Å². The molecular weight excluding hydrogens is 144 g/mol. The summed E-state index contributed by atoms with van der Waals surface area (Å²) in [5, 5.41) is 2.37. The molecule has 0 bridgehead atoms. The van der Waals surface area contributed by atoms with Gasteiger partial charge in [-0.15, -0.1) is 0 Å². The van der Waals surface area contributed by atoms with Crippen molar-refractivity contribution in [2.75, 3.05) is 5.32 Å². The van der Waals surface area contributed by atoms with Crippen molar-refractivity contribution in [2.45, 2.75) is 0 Å². The number of nitrogens with one attached hydrogen (secondary N) is 1. The van der Waals surface area contributed by atoms with Gasteiger partial charge < -0.3 is 0 Å². The first-order chi connectivity index (χ1) is 5.33. The zero-order valence-electron chi connectivity index (χ0n) is 5.69. The van der Waals surface area contributed by atoms with E-state index in [1.807, 2.05) is 0 Å². The van der Waals surface area contributed by atoms with Crippen molar-refractivity contribution >= 4 is 11.9 Å². The third-order valence-corrected chi connectivity index (χ3v) is 0.914. The zero-order valence-corrected chi connectivity index (χ0v) is 5.69. The van der Waals surface area contributed by atoms with Crippen LogP contribution in [-0.4, -0.2) is 20.9 Å². The predicted octanol–water partition coefficient (Wildman–Crippen LogP) is -0.00390. The molecule has 0 aromatic carbocycles. The number of rotatable bonds is 2. The van der Waals surface area contributed by atoms with E-state index in [9.17, 15) is 4.79 Å². The average Bonchev–Trinajstić information content (AvgIpc) is 2.06. The summed E-state index contributed by atoms with van der Waals surface area (Å²) < 4.78 is 0. The second-order valence-electron chi connectivity index (χ2n) is 1.66. The van der Waals surface area contributed by atoms with E-state index in [4.69, 9.17) is 0 Å². The van der Waals surface area contributed by atoms with Crippen LogP contribution in [0.2, 0.25) is 0 Å². The van der Waals surface area contributed by atoms with Crippen LogP contribution >= 0.6 is 0 Å². The van der Waals surface area contributed by atoms with E-state index in [1.165, 1.54) is 12.7 Å². The Bertz CT molecular complexity index is 259. The molecule has 0 spiro atoms. The van der Waals surface area contributed by atoms with E-state index in [1.54, 1.807) is 0 Å². The van der Waals surface area contributed by atoms with Gasteiger partial charge in [-0.2, -0.15) is 0 Å². The van der Waals surface area contributed by atoms with Gasteiger partial charge in [-0.05, 0) is 6.08 Å². The molecule has 11 heavy (non-hydrogen) atoms. The lowest BCUT2D eigenvalue weighted by Crippen LogP contribution is -2.10. The Balaban J connectivity index is 2.65. The van der Waals surface area contributed by atoms with Gasteiger partial charge in [0.1, 0.15) is 12.7 Å². The summed E-state index contributed by atoms with van der Waals surface area (Å²) in [6, 6.07) is 0. The Morgan fingerprint density at radius 2 is 2.18 bits per heavy atom. The van der Waals surface area contributed by atoms with Crippen molar-refractivity contribution in [2.24, 2.45) is 0 Å². The molecule has 0 radical (unpaired) electrons. The average molecular weight is 150 g/mol. The fourth-order valence-corrected chi connectivity index (χ4v) is 0.465. The van der Waals surface area contributed by atoms with Crippen LogP contribution < -0.4 is 5.32 Å². The number of carbonyl (C=O) groups excluding carboxylic acids is 1. The summed E-state index contributed by atoms with van der Waals surface area (Å²) in [4.78, 5) is 21.6. The largest absolute Gasteiger partial charge is 0.291 e. The van der Waals surface area contributed by atoms with E-state index in [2.05, 4.69) is 26.8 Å². The summed E-state index contributed by atoms with van der Waals surface area (Å²) in [6.07, 6.45) is 3.74. The number of aromatic nitrogens is 3. The summed E-state index contributed by atoms with van der Waals surface area (Å²) in [5.41, 5.74) is 0. The van der Waals surface area contributed by atoms with E-state index in [-0.39, 0.29) is 11.9 Å². The molecule has 1 rings (SSSR count). The topological polar surface area (TPSA) is 67.8 Å². The molecule has 1 amide bonds. The number of nitrogens with zero attached hydrogens (tertiary/aromatic N) is 3. The molecule has 0 aliphatic rings. The first-order valence-electron chi connectivity index (χ1n) is 2.88. The first kappa shape index (κ1) is 7.33. The smallest absolute Gasteiger partial charge is 0.250 e. The normalized spacial score (nSPS) is 8.73. The number of amides is 1. The van der Waals surface area contributed by atoms with Crippen LogP contribution in [0.4, 0.5) is 5.95 Å². The molecule has 1 N–H and O–H groups in total. The maximum absolute atomic E-state index is 10.7. The van der Waals surface area contributed by atoms with Crippen LogP contribution in [0.25, 0.3) is 0 Å². The zero-order chi connectivity index (χ0) is 8.10. The summed E-state index contributed by atoms with van der Waals surface area (Å²) in [5.74, 6) is -0.110. The molecule has 0 aliphatic carbocycles. The molecule has 0 aliphatic heterocycles. The van der Waals surface area contributed by atoms with Crippen LogP contribution in [-0.2, 0) is 4.79 Å². The third kappa shape index (κ3) is 2.13. The second-order valence-corrected chi connectivity index (χ2v) is 1.66. The fourth-order valence-electron chi connectivity index (χ4n) is 0.465. The van der Waals surface area contributed by atoms with Gasteiger partial charge in [-0.25, -0.2) is 15.0 Å². The molecule has 0 fully saturated rings. The van der Waals surface area contributed by atoms with Gasteiger partial charge in [0.15, 0.2) is 0 Å². The Labute approximate surface area is 63.2 Å². The molecular formula is C6H6N4O. The van der Waals surface area contributed by atoms with E-state index >= 15 is 0 Å². The standard InChI is InChI=1S/C6H6N4O/c1-2-5(11)10-6-8-3-7-4-9-6/h2-4H,1H2,(H,7,8,9,10,11). The quantitative estimate of drug-likeness (QED) is 0.602. The lowest BCUT2D eigenvalue weighted by Gasteiger charge is -1.95. The highest BCUT2D eigenvalue weighted by atomic mass is 16.1. The number of carbonyl (C=O) groups is 1. The lowest BCUT2D eigenvalue weighted by molar-refractivity contribution is -0.111. The van der Waals surface area contributed by atoms with Crippen molar-refractivity contribution in [3.05, 3.63) is 25.3 Å². The molecule has 5 nitrogen and oxygen atoms in total.